The lowest BCUT2D eigenvalue weighted by molar-refractivity contribution is -0.143. The topological polar surface area (TPSA) is 54.4 Å². The highest BCUT2D eigenvalue weighted by Crippen LogP contribution is 2.23. The number of ether oxygens (including phenoxy) is 1. The molecule has 30 heavy (non-hydrogen) atoms. The van der Waals surface area contributed by atoms with Crippen molar-refractivity contribution in [2.75, 3.05) is 39.9 Å². The Morgan fingerprint density at radius 3 is 2.70 bits per heavy atom. The fourth-order valence-corrected chi connectivity index (χ4v) is 4.07. The van der Waals surface area contributed by atoms with Crippen LogP contribution in [0, 0.1) is 17.7 Å². The van der Waals surface area contributed by atoms with Gasteiger partial charge < -0.3 is 14.5 Å². The lowest BCUT2D eigenvalue weighted by Gasteiger charge is -2.35. The summed E-state index contributed by atoms with van der Waals surface area (Å²) in [6.45, 7) is 8.34. The van der Waals surface area contributed by atoms with E-state index in [2.05, 4.69) is 23.9 Å². The average Bonchev–Trinajstić information content (AvgIpc) is 3.24. The van der Waals surface area contributed by atoms with Gasteiger partial charge in [0.05, 0.1) is 12.3 Å². The fourth-order valence-electron chi connectivity index (χ4n) is 4.07. The summed E-state index contributed by atoms with van der Waals surface area (Å²) in [6, 6.07) is 6.96. The van der Waals surface area contributed by atoms with E-state index in [4.69, 9.17) is 9.57 Å². The molecule has 0 saturated carbocycles. The number of benzene rings is 1. The van der Waals surface area contributed by atoms with Crippen LogP contribution >= 0.6 is 0 Å². The molecule has 0 aromatic heterocycles. The number of nitrogens with zero attached hydrogens (tertiary/aromatic N) is 3. The molecule has 0 spiro atoms. The van der Waals surface area contributed by atoms with Crippen molar-refractivity contribution in [2.24, 2.45) is 17.0 Å². The molecule has 7 heteroatoms. The van der Waals surface area contributed by atoms with Gasteiger partial charge >= 0.3 is 0 Å². The molecule has 1 saturated heterocycles. The maximum Gasteiger partial charge on any atom is 0.266 e. The molecule has 1 atom stereocenters. The van der Waals surface area contributed by atoms with Crippen LogP contribution in [0.1, 0.15) is 38.7 Å². The van der Waals surface area contributed by atoms with Crippen molar-refractivity contribution < 1.29 is 18.8 Å². The highest BCUT2D eigenvalue weighted by Gasteiger charge is 2.34. The summed E-state index contributed by atoms with van der Waals surface area (Å²) in [7, 11) is 1.65. The minimum Gasteiger partial charge on any atom is -0.383 e. The number of rotatable bonds is 9. The number of piperidine rings is 1. The predicted octanol–water partition coefficient (Wildman–Crippen LogP) is 3.31. The van der Waals surface area contributed by atoms with Gasteiger partial charge in [-0.05, 0) is 43.8 Å². The lowest BCUT2D eigenvalue weighted by Crippen LogP contribution is -2.45. The van der Waals surface area contributed by atoms with E-state index in [9.17, 15) is 9.18 Å². The van der Waals surface area contributed by atoms with Crippen LogP contribution < -0.4 is 0 Å². The van der Waals surface area contributed by atoms with Crippen molar-refractivity contribution >= 4 is 11.6 Å². The third-order valence-electron chi connectivity index (χ3n) is 6.05. The van der Waals surface area contributed by atoms with E-state index < -0.39 is 6.10 Å². The van der Waals surface area contributed by atoms with Crippen LogP contribution in [0.3, 0.4) is 0 Å². The van der Waals surface area contributed by atoms with Gasteiger partial charge in [-0.2, -0.15) is 0 Å². The number of oxime groups is 1. The minimum atomic E-state index is -0.514. The highest BCUT2D eigenvalue weighted by atomic mass is 19.1. The summed E-state index contributed by atoms with van der Waals surface area (Å²) in [5.41, 5.74) is 1.69. The van der Waals surface area contributed by atoms with Crippen LogP contribution in [-0.4, -0.2) is 67.4 Å². The van der Waals surface area contributed by atoms with Gasteiger partial charge in [-0.1, -0.05) is 37.2 Å². The molecule has 1 amide bonds. The summed E-state index contributed by atoms with van der Waals surface area (Å²) in [5.74, 6) is 0.569. The third-order valence-corrected chi connectivity index (χ3v) is 6.05. The lowest BCUT2D eigenvalue weighted by atomic mass is 9.95. The zero-order chi connectivity index (χ0) is 21.5. The first-order valence-corrected chi connectivity index (χ1v) is 10.9. The van der Waals surface area contributed by atoms with Crippen LogP contribution in [0.15, 0.2) is 29.4 Å². The van der Waals surface area contributed by atoms with Crippen molar-refractivity contribution in [3.8, 4) is 0 Å². The van der Waals surface area contributed by atoms with Crippen LogP contribution in [-0.2, 0) is 20.9 Å². The van der Waals surface area contributed by atoms with Gasteiger partial charge in [-0.25, -0.2) is 4.39 Å². The summed E-state index contributed by atoms with van der Waals surface area (Å²) in [6.07, 6.45) is 2.04. The first-order chi connectivity index (χ1) is 14.5. The Morgan fingerprint density at radius 1 is 1.33 bits per heavy atom. The molecular weight excluding hydrogens is 385 g/mol. The Hall–Kier alpha value is -1.99. The summed E-state index contributed by atoms with van der Waals surface area (Å²) < 4.78 is 19.1. The Labute approximate surface area is 179 Å². The van der Waals surface area contributed by atoms with Crippen LogP contribution in [0.4, 0.5) is 4.39 Å². The molecule has 0 unspecified atom stereocenters. The van der Waals surface area contributed by atoms with Crippen LogP contribution in [0.2, 0.25) is 0 Å². The molecule has 3 rings (SSSR count). The number of hydrogen-bond donors (Lipinski definition) is 0. The Morgan fingerprint density at radius 2 is 2.07 bits per heavy atom. The van der Waals surface area contributed by atoms with E-state index in [-0.39, 0.29) is 17.6 Å². The molecule has 166 valence electrons. The fraction of sp³-hybridized carbons (Fsp3) is 0.652. The quantitative estimate of drug-likeness (QED) is 0.616. The first kappa shape index (κ1) is 22.7. The van der Waals surface area contributed by atoms with Gasteiger partial charge in [0, 0.05) is 38.7 Å². The Bertz CT molecular complexity index is 732. The molecule has 0 bridgehead atoms. The number of likely N-dealkylation sites (tertiary alicyclic amines) is 1. The maximum absolute atomic E-state index is 13.9. The third kappa shape index (κ3) is 6.01. The second-order valence-corrected chi connectivity index (χ2v) is 8.62. The zero-order valence-corrected chi connectivity index (χ0v) is 18.3. The molecule has 1 fully saturated rings. The highest BCUT2D eigenvalue weighted by molar-refractivity contribution is 5.93. The van der Waals surface area contributed by atoms with Crippen molar-refractivity contribution in [3.05, 3.63) is 35.6 Å². The number of carbonyl (C=O) groups is 1. The second-order valence-electron chi connectivity index (χ2n) is 8.62. The van der Waals surface area contributed by atoms with Crippen LogP contribution in [0.25, 0.3) is 0 Å². The van der Waals surface area contributed by atoms with E-state index in [0.29, 0.717) is 38.6 Å². The van der Waals surface area contributed by atoms with Gasteiger partial charge in [-0.3, -0.25) is 9.69 Å². The molecule has 6 nitrogen and oxygen atoms in total. The van der Waals surface area contributed by atoms with E-state index >= 15 is 0 Å². The molecule has 1 aromatic rings. The summed E-state index contributed by atoms with van der Waals surface area (Å²) in [4.78, 5) is 22.7. The predicted molar refractivity (Wildman–Crippen MR) is 115 cm³/mol. The largest absolute Gasteiger partial charge is 0.383 e. The molecule has 0 radical (unpaired) electrons. The smallest absolute Gasteiger partial charge is 0.266 e. The normalized spacial score (nSPS) is 20.3. The SMILES string of the molecule is COCCN(CC1CCN(Cc2ccccc2F)CC1)C(=O)[C@H]1CC(C(C)C)=NO1. The molecule has 1 aromatic carbocycles. The zero-order valence-electron chi connectivity index (χ0n) is 18.3. The van der Waals surface area contributed by atoms with Gasteiger partial charge in [0.25, 0.3) is 5.91 Å². The monoisotopic (exact) mass is 419 g/mol. The van der Waals surface area contributed by atoms with Gasteiger partial charge in [-0.15, -0.1) is 0 Å². The van der Waals surface area contributed by atoms with Crippen molar-refractivity contribution in [1.29, 1.82) is 0 Å². The molecule has 2 aliphatic rings. The van der Waals surface area contributed by atoms with Gasteiger partial charge in [0.2, 0.25) is 6.10 Å². The standard InChI is InChI=1S/C23H34FN3O3/c1-17(2)21-14-22(30-25-21)23(28)27(12-13-29-3)15-18-8-10-26(11-9-18)16-19-6-4-5-7-20(19)24/h4-7,17-18,22H,8-16H2,1-3H3/t22-/m1/s1. The van der Waals surface area contributed by atoms with Crippen molar-refractivity contribution in [3.63, 3.8) is 0 Å². The average molecular weight is 420 g/mol. The molecule has 2 aliphatic heterocycles. The van der Waals surface area contributed by atoms with E-state index in [1.54, 1.807) is 13.2 Å². The number of methoxy groups -OCH3 is 1. The maximum atomic E-state index is 13.9. The number of carbonyl (C=O) groups excluding carboxylic acids is 1. The van der Waals surface area contributed by atoms with E-state index in [1.807, 2.05) is 17.0 Å². The van der Waals surface area contributed by atoms with E-state index in [0.717, 1.165) is 37.2 Å². The van der Waals surface area contributed by atoms with Gasteiger partial charge in [0.1, 0.15) is 5.82 Å². The van der Waals surface area contributed by atoms with Crippen LogP contribution in [0.5, 0.6) is 0 Å². The first-order valence-electron chi connectivity index (χ1n) is 10.9. The number of hydrogen-bond acceptors (Lipinski definition) is 5. The Balaban J connectivity index is 1.51. The van der Waals surface area contributed by atoms with E-state index in [1.165, 1.54) is 6.07 Å². The summed E-state index contributed by atoms with van der Waals surface area (Å²) >= 11 is 0. The van der Waals surface area contributed by atoms with Crippen molar-refractivity contribution in [1.82, 2.24) is 9.80 Å². The Kier molecular flexibility index (Phi) is 8.22. The molecule has 0 aliphatic carbocycles. The van der Waals surface area contributed by atoms with Gasteiger partial charge in [0.15, 0.2) is 0 Å². The second kappa shape index (κ2) is 10.9. The number of amides is 1. The number of halogens is 1. The van der Waals surface area contributed by atoms with Crippen molar-refractivity contribution in [2.45, 2.75) is 45.8 Å². The molecular formula is C23H34FN3O3. The summed E-state index contributed by atoms with van der Waals surface area (Å²) in [5, 5.41) is 4.10. The molecule has 2 heterocycles. The minimum absolute atomic E-state index is 0.000219. The molecule has 0 N–H and O–H groups in total.